The summed E-state index contributed by atoms with van der Waals surface area (Å²) in [7, 11) is 4.18. The highest BCUT2D eigenvalue weighted by molar-refractivity contribution is 5.77. The smallest absolute Gasteiger partial charge is 0.248 e. The Labute approximate surface area is 123 Å². The van der Waals surface area contributed by atoms with Crippen molar-refractivity contribution in [2.24, 2.45) is 11.8 Å². The fourth-order valence-corrected chi connectivity index (χ4v) is 3.64. The summed E-state index contributed by atoms with van der Waals surface area (Å²) in [5, 5.41) is 0. The second kappa shape index (κ2) is 6.90. The lowest BCUT2D eigenvalue weighted by molar-refractivity contribution is -0.138. The lowest BCUT2D eigenvalue weighted by Crippen LogP contribution is -2.37. The Balaban J connectivity index is 1.75. The van der Waals surface area contributed by atoms with Gasteiger partial charge in [0.2, 0.25) is 5.91 Å². The van der Waals surface area contributed by atoms with Crippen molar-refractivity contribution >= 4 is 5.91 Å². The number of hydrogen-bond donors (Lipinski definition) is 0. The number of amides is 1. The highest BCUT2D eigenvalue weighted by Gasteiger charge is 2.33. The zero-order valence-corrected chi connectivity index (χ0v) is 13.5. The summed E-state index contributed by atoms with van der Waals surface area (Å²) in [6, 6.07) is 0.480. The molecule has 2 aliphatic rings. The van der Waals surface area contributed by atoms with Crippen molar-refractivity contribution in [1.29, 1.82) is 0 Å². The van der Waals surface area contributed by atoms with Crippen LogP contribution in [0.2, 0.25) is 0 Å². The molecule has 1 saturated heterocycles. The van der Waals surface area contributed by atoms with E-state index < -0.39 is 0 Å². The summed E-state index contributed by atoms with van der Waals surface area (Å²) in [6.07, 6.45) is 5.08. The van der Waals surface area contributed by atoms with E-state index in [0.29, 0.717) is 18.1 Å². The van der Waals surface area contributed by atoms with Crippen molar-refractivity contribution in [3.05, 3.63) is 0 Å². The van der Waals surface area contributed by atoms with Gasteiger partial charge in [0.25, 0.3) is 0 Å². The molecule has 4 atom stereocenters. The molecule has 1 saturated carbocycles. The van der Waals surface area contributed by atoms with Crippen LogP contribution in [0.4, 0.5) is 0 Å². The number of ether oxygens (including phenoxy) is 1. The predicted molar refractivity (Wildman–Crippen MR) is 80.6 cm³/mol. The van der Waals surface area contributed by atoms with E-state index >= 15 is 0 Å². The van der Waals surface area contributed by atoms with Crippen molar-refractivity contribution in [3.63, 3.8) is 0 Å². The van der Waals surface area contributed by atoms with Gasteiger partial charge in [0.1, 0.15) is 6.61 Å². The van der Waals surface area contributed by atoms with Gasteiger partial charge < -0.3 is 14.5 Å². The third kappa shape index (κ3) is 3.95. The van der Waals surface area contributed by atoms with E-state index in [4.69, 9.17) is 4.74 Å². The van der Waals surface area contributed by atoms with Crippen LogP contribution in [0.3, 0.4) is 0 Å². The quantitative estimate of drug-likeness (QED) is 0.790. The average Bonchev–Trinajstić information content (AvgIpc) is 2.78. The normalized spacial score (nSPS) is 34.8. The highest BCUT2D eigenvalue weighted by Crippen LogP contribution is 2.26. The first kappa shape index (κ1) is 15.8. The molecule has 2 rings (SSSR count). The Morgan fingerprint density at radius 1 is 1.25 bits per heavy atom. The molecule has 4 heteroatoms. The molecule has 1 amide bonds. The van der Waals surface area contributed by atoms with Gasteiger partial charge in [-0.1, -0.05) is 26.7 Å². The minimum atomic E-state index is 0.166. The summed E-state index contributed by atoms with van der Waals surface area (Å²) in [5.74, 6) is 1.46. The molecular formula is C16H30N2O2. The number of likely N-dealkylation sites (tertiary alicyclic amines) is 1. The molecule has 0 unspecified atom stereocenters. The largest absolute Gasteiger partial charge is 0.368 e. The molecule has 4 nitrogen and oxygen atoms in total. The summed E-state index contributed by atoms with van der Waals surface area (Å²) in [4.78, 5) is 16.5. The molecule has 1 aliphatic heterocycles. The van der Waals surface area contributed by atoms with Crippen LogP contribution in [0.25, 0.3) is 0 Å². The summed E-state index contributed by atoms with van der Waals surface area (Å²) in [5.41, 5.74) is 0. The fourth-order valence-electron chi connectivity index (χ4n) is 3.64. The molecular weight excluding hydrogens is 252 g/mol. The molecule has 116 valence electrons. The number of carbonyl (C=O) groups is 1. The molecule has 0 radical (unpaired) electrons. The van der Waals surface area contributed by atoms with Gasteiger partial charge >= 0.3 is 0 Å². The van der Waals surface area contributed by atoms with E-state index in [1.165, 1.54) is 12.8 Å². The van der Waals surface area contributed by atoms with Crippen LogP contribution in [-0.4, -0.2) is 61.6 Å². The first-order chi connectivity index (χ1) is 9.47. The van der Waals surface area contributed by atoms with Gasteiger partial charge in [0.05, 0.1) is 6.10 Å². The third-order valence-corrected chi connectivity index (χ3v) is 4.92. The molecule has 0 aromatic rings. The number of hydrogen-bond acceptors (Lipinski definition) is 3. The maximum absolute atomic E-state index is 12.3. The van der Waals surface area contributed by atoms with Crippen LogP contribution >= 0.6 is 0 Å². The van der Waals surface area contributed by atoms with E-state index in [1.807, 2.05) is 4.90 Å². The molecule has 0 spiro atoms. The second-order valence-electron chi connectivity index (χ2n) is 7.01. The van der Waals surface area contributed by atoms with Crippen LogP contribution in [0.15, 0.2) is 0 Å². The summed E-state index contributed by atoms with van der Waals surface area (Å²) < 4.78 is 5.85. The van der Waals surface area contributed by atoms with E-state index in [0.717, 1.165) is 31.8 Å². The average molecular weight is 282 g/mol. The van der Waals surface area contributed by atoms with Crippen LogP contribution < -0.4 is 0 Å². The van der Waals surface area contributed by atoms with Gasteiger partial charge in [0, 0.05) is 19.1 Å². The van der Waals surface area contributed by atoms with Crippen molar-refractivity contribution in [2.45, 2.75) is 51.7 Å². The summed E-state index contributed by atoms with van der Waals surface area (Å²) in [6.45, 7) is 6.48. The molecule has 0 aromatic carbocycles. The van der Waals surface area contributed by atoms with Gasteiger partial charge in [-0.05, 0) is 38.8 Å². The van der Waals surface area contributed by atoms with Crippen LogP contribution in [0.5, 0.6) is 0 Å². The molecule has 1 aliphatic carbocycles. The SMILES string of the molecule is C[C@@H]1CCC[C@H](OCC(=O)N2C[C@@H](C)[C@H](N(C)C)C2)C1. The maximum atomic E-state index is 12.3. The zero-order chi connectivity index (χ0) is 14.7. The Kier molecular flexibility index (Phi) is 5.44. The number of carbonyl (C=O) groups excluding carboxylic acids is 1. The molecule has 0 bridgehead atoms. The Morgan fingerprint density at radius 2 is 2.00 bits per heavy atom. The maximum Gasteiger partial charge on any atom is 0.248 e. The minimum Gasteiger partial charge on any atom is -0.368 e. The Hall–Kier alpha value is -0.610. The van der Waals surface area contributed by atoms with E-state index in [9.17, 15) is 4.79 Å². The van der Waals surface area contributed by atoms with E-state index in [-0.39, 0.29) is 12.5 Å². The van der Waals surface area contributed by atoms with E-state index in [1.54, 1.807) is 0 Å². The van der Waals surface area contributed by atoms with Gasteiger partial charge in [-0.25, -0.2) is 0 Å². The predicted octanol–water partition coefficient (Wildman–Crippen LogP) is 1.99. The van der Waals surface area contributed by atoms with Gasteiger partial charge in [-0.2, -0.15) is 0 Å². The van der Waals surface area contributed by atoms with Crippen molar-refractivity contribution in [2.75, 3.05) is 33.8 Å². The molecule has 0 aromatic heterocycles. The van der Waals surface area contributed by atoms with Gasteiger partial charge in [-0.3, -0.25) is 4.79 Å². The lowest BCUT2D eigenvalue weighted by Gasteiger charge is -2.27. The van der Waals surface area contributed by atoms with Gasteiger partial charge in [-0.15, -0.1) is 0 Å². The van der Waals surface area contributed by atoms with Crippen LogP contribution in [0, 0.1) is 11.8 Å². The van der Waals surface area contributed by atoms with Crippen molar-refractivity contribution < 1.29 is 9.53 Å². The van der Waals surface area contributed by atoms with Crippen molar-refractivity contribution in [3.8, 4) is 0 Å². The first-order valence-corrected chi connectivity index (χ1v) is 8.03. The second-order valence-corrected chi connectivity index (χ2v) is 7.01. The highest BCUT2D eigenvalue weighted by atomic mass is 16.5. The number of nitrogens with zero attached hydrogens (tertiary/aromatic N) is 2. The molecule has 2 fully saturated rings. The Morgan fingerprint density at radius 3 is 2.60 bits per heavy atom. The number of rotatable bonds is 4. The number of likely N-dealkylation sites (N-methyl/N-ethyl adjacent to an activating group) is 1. The van der Waals surface area contributed by atoms with Crippen LogP contribution in [-0.2, 0) is 9.53 Å². The molecule has 1 heterocycles. The topological polar surface area (TPSA) is 32.8 Å². The van der Waals surface area contributed by atoms with Crippen LogP contribution in [0.1, 0.15) is 39.5 Å². The minimum absolute atomic E-state index is 0.166. The third-order valence-electron chi connectivity index (χ3n) is 4.92. The molecule has 20 heavy (non-hydrogen) atoms. The monoisotopic (exact) mass is 282 g/mol. The van der Waals surface area contributed by atoms with Crippen molar-refractivity contribution in [1.82, 2.24) is 9.80 Å². The fraction of sp³-hybridized carbons (Fsp3) is 0.938. The molecule has 0 N–H and O–H groups in total. The summed E-state index contributed by atoms with van der Waals surface area (Å²) >= 11 is 0. The standard InChI is InChI=1S/C16H30N2O2/c1-12-6-5-7-14(8-12)20-11-16(19)18-9-13(2)15(10-18)17(3)4/h12-15H,5-11H2,1-4H3/t12-,13-,14+,15-/m1/s1. The zero-order valence-electron chi connectivity index (χ0n) is 13.5. The lowest BCUT2D eigenvalue weighted by atomic mass is 9.89. The first-order valence-electron chi connectivity index (χ1n) is 8.03. The van der Waals surface area contributed by atoms with E-state index in [2.05, 4.69) is 32.8 Å². The Bertz CT molecular complexity index is 332. The van der Waals surface area contributed by atoms with Gasteiger partial charge in [0.15, 0.2) is 0 Å².